The molecule has 0 aromatic heterocycles. The van der Waals surface area contributed by atoms with Gasteiger partial charge in [0.05, 0.1) is 6.10 Å². The van der Waals surface area contributed by atoms with E-state index in [2.05, 4.69) is 20.8 Å². The molecule has 0 aliphatic heterocycles. The Kier molecular flexibility index (Phi) is 4.75. The zero-order valence-electron chi connectivity index (χ0n) is 16.3. The number of carbonyl (C=O) groups is 1. The quantitative estimate of drug-likeness (QED) is 0.666. The lowest BCUT2D eigenvalue weighted by Crippen LogP contribution is -2.55. The van der Waals surface area contributed by atoms with E-state index < -0.39 is 0 Å². The summed E-state index contributed by atoms with van der Waals surface area (Å²) in [5, 5.41) is 10.9. The monoisotopic (exact) mass is 332 g/mol. The first-order chi connectivity index (χ1) is 11.4. The third-order valence-electron chi connectivity index (χ3n) is 8.46. The van der Waals surface area contributed by atoms with Gasteiger partial charge in [-0.2, -0.15) is 0 Å². The minimum atomic E-state index is -0.231. The maximum atomic E-state index is 11.8. The lowest BCUT2D eigenvalue weighted by atomic mass is 9.46. The van der Waals surface area contributed by atoms with Gasteiger partial charge in [0.15, 0.2) is 5.78 Å². The van der Waals surface area contributed by atoms with Gasteiger partial charge in [0.2, 0.25) is 0 Å². The molecule has 3 fully saturated rings. The predicted octanol–water partition coefficient (Wildman–Crippen LogP) is 5.15. The Balaban J connectivity index is 0.000000815. The molecular weight excluding hydrogens is 296 g/mol. The second kappa shape index (κ2) is 6.27. The van der Waals surface area contributed by atoms with E-state index in [-0.39, 0.29) is 17.3 Å². The predicted molar refractivity (Wildman–Crippen MR) is 98.6 cm³/mol. The molecule has 2 nitrogen and oxygen atoms in total. The molecule has 0 aromatic rings. The van der Waals surface area contributed by atoms with Crippen molar-refractivity contribution in [1.29, 1.82) is 0 Å². The van der Waals surface area contributed by atoms with Crippen molar-refractivity contribution in [3.63, 3.8) is 0 Å². The number of fused-ring (bicyclic) bond motifs is 5. The van der Waals surface area contributed by atoms with Gasteiger partial charge in [0, 0.05) is 6.42 Å². The Morgan fingerprint density at radius 3 is 2.50 bits per heavy atom. The van der Waals surface area contributed by atoms with Crippen LogP contribution in [0.1, 0.15) is 79.6 Å². The molecule has 3 saturated carbocycles. The van der Waals surface area contributed by atoms with Gasteiger partial charge in [-0.05, 0) is 79.1 Å². The van der Waals surface area contributed by atoms with Crippen molar-refractivity contribution < 1.29 is 9.90 Å². The summed E-state index contributed by atoms with van der Waals surface area (Å²) < 4.78 is 0. The fraction of sp³-hybridized carbons (Fsp3) is 0.864. The number of aliphatic hydroxyl groups is 1. The van der Waals surface area contributed by atoms with Crippen LogP contribution in [-0.4, -0.2) is 17.0 Å². The summed E-state index contributed by atoms with van der Waals surface area (Å²) in [6, 6.07) is 0. The standard InChI is InChI=1S/C20H30O2.C2H6/c1-12-4-5-15-18-16(7-9-19(12,15)2)20(3)8-6-14(21)10-13(20)11-17(18)22;1-2/h10,12,15-18,22H,4-9,11H2,1-3H3;1-2H3. The Bertz CT molecular complexity index is 536. The van der Waals surface area contributed by atoms with Crippen LogP contribution < -0.4 is 0 Å². The second-order valence-corrected chi connectivity index (χ2v) is 9.14. The Labute approximate surface area is 148 Å². The molecule has 2 heteroatoms. The van der Waals surface area contributed by atoms with E-state index in [4.69, 9.17) is 0 Å². The number of carbonyl (C=O) groups excluding carboxylic acids is 1. The van der Waals surface area contributed by atoms with Gasteiger partial charge in [-0.25, -0.2) is 0 Å². The molecule has 24 heavy (non-hydrogen) atoms. The van der Waals surface area contributed by atoms with Crippen LogP contribution in [0.25, 0.3) is 0 Å². The molecule has 0 bridgehead atoms. The molecule has 0 radical (unpaired) electrons. The smallest absolute Gasteiger partial charge is 0.155 e. The van der Waals surface area contributed by atoms with Crippen LogP contribution in [0.3, 0.4) is 0 Å². The van der Waals surface area contributed by atoms with E-state index >= 15 is 0 Å². The average molecular weight is 333 g/mol. The van der Waals surface area contributed by atoms with Crippen molar-refractivity contribution in [3.05, 3.63) is 11.6 Å². The summed E-state index contributed by atoms with van der Waals surface area (Å²) in [5.41, 5.74) is 1.86. The van der Waals surface area contributed by atoms with Gasteiger partial charge in [0.25, 0.3) is 0 Å². The van der Waals surface area contributed by atoms with Gasteiger partial charge in [-0.15, -0.1) is 0 Å². The van der Waals surface area contributed by atoms with Gasteiger partial charge in [0.1, 0.15) is 0 Å². The minimum absolute atomic E-state index is 0.172. The average Bonchev–Trinajstić information content (AvgIpc) is 2.87. The topological polar surface area (TPSA) is 37.3 Å². The molecule has 0 spiro atoms. The second-order valence-electron chi connectivity index (χ2n) is 9.14. The molecule has 0 saturated heterocycles. The van der Waals surface area contributed by atoms with Crippen LogP contribution in [-0.2, 0) is 4.79 Å². The number of hydrogen-bond acceptors (Lipinski definition) is 2. The van der Waals surface area contributed by atoms with Crippen molar-refractivity contribution in [1.82, 2.24) is 0 Å². The summed E-state index contributed by atoms with van der Waals surface area (Å²) in [4.78, 5) is 11.8. The van der Waals surface area contributed by atoms with Crippen LogP contribution >= 0.6 is 0 Å². The summed E-state index contributed by atoms with van der Waals surface area (Å²) >= 11 is 0. The summed E-state index contributed by atoms with van der Waals surface area (Å²) in [6.07, 6.45) is 9.27. The van der Waals surface area contributed by atoms with Gasteiger partial charge >= 0.3 is 0 Å². The largest absolute Gasteiger partial charge is 0.392 e. The van der Waals surface area contributed by atoms with Gasteiger partial charge < -0.3 is 5.11 Å². The minimum Gasteiger partial charge on any atom is -0.392 e. The summed E-state index contributed by atoms with van der Waals surface area (Å²) in [6.45, 7) is 11.3. The first-order valence-electron chi connectivity index (χ1n) is 10.3. The fourth-order valence-corrected chi connectivity index (χ4v) is 6.79. The molecule has 136 valence electrons. The SMILES string of the molecule is CC.CC1CCC2C3C(O)CC4=CC(=O)CCC4(C)C3CCC12C. The third-order valence-corrected chi connectivity index (χ3v) is 8.46. The Morgan fingerprint density at radius 1 is 1.08 bits per heavy atom. The number of hydrogen-bond donors (Lipinski definition) is 1. The van der Waals surface area contributed by atoms with E-state index in [0.29, 0.717) is 29.6 Å². The number of ketones is 1. The molecule has 4 rings (SSSR count). The van der Waals surface area contributed by atoms with Gasteiger partial charge in [-0.3, -0.25) is 4.79 Å². The van der Waals surface area contributed by atoms with E-state index in [1.165, 1.54) is 31.3 Å². The normalized spacial score (nSPS) is 50.0. The molecule has 7 atom stereocenters. The molecule has 4 aliphatic carbocycles. The van der Waals surface area contributed by atoms with E-state index in [0.717, 1.165) is 18.8 Å². The highest BCUT2D eigenvalue weighted by molar-refractivity contribution is 5.91. The van der Waals surface area contributed by atoms with Crippen molar-refractivity contribution >= 4 is 5.78 Å². The maximum absolute atomic E-state index is 11.8. The van der Waals surface area contributed by atoms with Crippen molar-refractivity contribution in [3.8, 4) is 0 Å². The third kappa shape index (κ3) is 2.43. The highest BCUT2D eigenvalue weighted by atomic mass is 16.3. The van der Waals surface area contributed by atoms with Crippen molar-refractivity contribution in [2.45, 2.75) is 85.7 Å². The fourth-order valence-electron chi connectivity index (χ4n) is 6.79. The maximum Gasteiger partial charge on any atom is 0.155 e. The summed E-state index contributed by atoms with van der Waals surface area (Å²) in [5.74, 6) is 2.79. The van der Waals surface area contributed by atoms with E-state index in [1.54, 1.807) is 0 Å². The number of aliphatic hydroxyl groups excluding tert-OH is 1. The molecule has 0 amide bonds. The lowest BCUT2D eigenvalue weighted by Gasteiger charge is -2.59. The highest BCUT2D eigenvalue weighted by Gasteiger charge is 2.60. The zero-order chi connectivity index (χ0) is 17.7. The molecule has 4 aliphatic rings. The lowest BCUT2D eigenvalue weighted by molar-refractivity contribution is -0.122. The van der Waals surface area contributed by atoms with Crippen LogP contribution in [0.15, 0.2) is 11.6 Å². The number of rotatable bonds is 0. The van der Waals surface area contributed by atoms with Crippen LogP contribution in [0, 0.1) is 34.5 Å². The van der Waals surface area contributed by atoms with Crippen LogP contribution in [0.2, 0.25) is 0 Å². The molecule has 1 N–H and O–H groups in total. The highest BCUT2D eigenvalue weighted by Crippen LogP contribution is 2.66. The van der Waals surface area contributed by atoms with Crippen molar-refractivity contribution in [2.75, 3.05) is 0 Å². The molecular formula is C22H36O2. The Hall–Kier alpha value is -0.630. The molecule has 7 unspecified atom stereocenters. The van der Waals surface area contributed by atoms with Gasteiger partial charge in [-0.1, -0.05) is 40.2 Å². The molecule has 0 aromatic carbocycles. The van der Waals surface area contributed by atoms with Crippen molar-refractivity contribution in [2.24, 2.45) is 34.5 Å². The van der Waals surface area contributed by atoms with E-state index in [9.17, 15) is 9.90 Å². The molecule has 0 heterocycles. The van der Waals surface area contributed by atoms with E-state index in [1.807, 2.05) is 19.9 Å². The van der Waals surface area contributed by atoms with Crippen LogP contribution in [0.5, 0.6) is 0 Å². The first-order valence-corrected chi connectivity index (χ1v) is 10.3. The zero-order valence-corrected chi connectivity index (χ0v) is 16.3. The summed E-state index contributed by atoms with van der Waals surface area (Å²) in [7, 11) is 0. The van der Waals surface area contributed by atoms with Crippen LogP contribution in [0.4, 0.5) is 0 Å². The Morgan fingerprint density at radius 2 is 1.79 bits per heavy atom. The first kappa shape index (κ1) is 18.2.